The maximum Gasteiger partial charge on any atom is 0.223 e. The van der Waals surface area contributed by atoms with Crippen molar-refractivity contribution in [3.8, 4) is 11.1 Å². The van der Waals surface area contributed by atoms with Crippen LogP contribution >= 0.6 is 0 Å². The van der Waals surface area contributed by atoms with E-state index >= 15 is 0 Å². The summed E-state index contributed by atoms with van der Waals surface area (Å²) >= 11 is 0. The molecule has 0 saturated heterocycles. The molecular formula is C16H14FNO. The molecule has 0 atom stereocenters. The quantitative estimate of drug-likeness (QED) is 0.764. The number of fused-ring (bicyclic) bond motifs is 1. The second-order valence-corrected chi connectivity index (χ2v) is 4.77. The molecule has 96 valence electrons. The van der Waals surface area contributed by atoms with Crippen molar-refractivity contribution < 1.29 is 9.18 Å². The van der Waals surface area contributed by atoms with Gasteiger partial charge in [0.1, 0.15) is 5.82 Å². The second kappa shape index (κ2) is 4.50. The molecule has 1 aliphatic heterocycles. The minimum atomic E-state index is -0.229. The number of anilines is 1. The Hall–Kier alpha value is -2.16. The smallest absolute Gasteiger partial charge is 0.223 e. The Morgan fingerprint density at radius 1 is 1.11 bits per heavy atom. The number of benzene rings is 2. The van der Waals surface area contributed by atoms with E-state index in [1.165, 1.54) is 17.7 Å². The van der Waals surface area contributed by atoms with Crippen LogP contribution in [0.4, 0.5) is 10.1 Å². The van der Waals surface area contributed by atoms with Crippen LogP contribution in [0.2, 0.25) is 0 Å². The zero-order chi connectivity index (χ0) is 13.4. The fourth-order valence-corrected chi connectivity index (χ4v) is 2.55. The van der Waals surface area contributed by atoms with Crippen LogP contribution in [0.25, 0.3) is 11.1 Å². The van der Waals surface area contributed by atoms with Crippen molar-refractivity contribution in [2.24, 2.45) is 0 Å². The first-order valence-corrected chi connectivity index (χ1v) is 6.32. The van der Waals surface area contributed by atoms with Crippen LogP contribution in [0, 0.1) is 5.82 Å². The molecule has 2 aromatic rings. The molecule has 0 N–H and O–H groups in total. The molecule has 1 amide bonds. The fraction of sp³-hybridized carbons (Fsp3) is 0.188. The van der Waals surface area contributed by atoms with Gasteiger partial charge in [-0.2, -0.15) is 0 Å². The minimum Gasteiger partial charge on any atom is -0.312 e. The summed E-state index contributed by atoms with van der Waals surface area (Å²) < 4.78 is 12.9. The summed E-state index contributed by atoms with van der Waals surface area (Å²) in [6.07, 6.45) is 0.879. The molecule has 0 saturated carbocycles. The average molecular weight is 255 g/mol. The number of carbonyl (C=O) groups excluding carboxylic acids is 1. The number of rotatable bonds is 1. The number of nitrogens with zero attached hydrogens (tertiary/aromatic N) is 1. The van der Waals surface area contributed by atoms with Gasteiger partial charge in [0.2, 0.25) is 5.91 Å². The summed E-state index contributed by atoms with van der Waals surface area (Å²) in [7, 11) is 0. The second-order valence-electron chi connectivity index (χ2n) is 4.77. The van der Waals surface area contributed by atoms with Gasteiger partial charge in [0.05, 0.1) is 0 Å². The Balaban J connectivity index is 1.99. The third-order valence-electron chi connectivity index (χ3n) is 3.53. The van der Waals surface area contributed by atoms with Crippen LogP contribution in [0.3, 0.4) is 0 Å². The molecule has 0 radical (unpaired) electrons. The largest absolute Gasteiger partial charge is 0.312 e. The lowest BCUT2D eigenvalue weighted by Crippen LogP contribution is -2.25. The lowest BCUT2D eigenvalue weighted by atomic mass is 10.0. The van der Waals surface area contributed by atoms with Gasteiger partial charge in [-0.25, -0.2) is 4.39 Å². The summed E-state index contributed by atoms with van der Waals surface area (Å²) in [5, 5.41) is 0. The zero-order valence-corrected chi connectivity index (χ0v) is 10.7. The van der Waals surface area contributed by atoms with Gasteiger partial charge in [-0.15, -0.1) is 0 Å². The predicted molar refractivity (Wildman–Crippen MR) is 73.6 cm³/mol. The fourth-order valence-electron chi connectivity index (χ4n) is 2.55. The molecule has 0 spiro atoms. The molecule has 2 aromatic carbocycles. The topological polar surface area (TPSA) is 20.3 Å². The lowest BCUT2D eigenvalue weighted by Gasteiger charge is -2.14. The van der Waals surface area contributed by atoms with Crippen LogP contribution < -0.4 is 4.90 Å². The van der Waals surface area contributed by atoms with Gasteiger partial charge >= 0.3 is 0 Å². The minimum absolute atomic E-state index is 0.0771. The van der Waals surface area contributed by atoms with E-state index < -0.39 is 0 Å². The Bertz CT molecular complexity index is 634. The maximum atomic E-state index is 12.9. The molecule has 2 nitrogen and oxygen atoms in total. The van der Waals surface area contributed by atoms with Crippen molar-refractivity contribution >= 4 is 11.6 Å². The van der Waals surface area contributed by atoms with Crippen molar-refractivity contribution in [1.29, 1.82) is 0 Å². The molecule has 1 heterocycles. The first-order chi connectivity index (χ1) is 9.15. The van der Waals surface area contributed by atoms with E-state index in [1.807, 2.05) is 12.1 Å². The number of hydrogen-bond acceptors (Lipinski definition) is 1. The van der Waals surface area contributed by atoms with Crippen LogP contribution in [0.15, 0.2) is 42.5 Å². The normalized spacial score (nSPS) is 13.5. The Kier molecular flexibility index (Phi) is 2.82. The number of hydrogen-bond donors (Lipinski definition) is 0. The van der Waals surface area contributed by atoms with Crippen LogP contribution in [0.5, 0.6) is 0 Å². The van der Waals surface area contributed by atoms with Crippen LogP contribution in [-0.2, 0) is 11.2 Å². The predicted octanol–water partition coefficient (Wildman–Crippen LogP) is 3.40. The van der Waals surface area contributed by atoms with Gasteiger partial charge in [-0.05, 0) is 47.4 Å². The van der Waals surface area contributed by atoms with E-state index in [0.717, 1.165) is 29.8 Å². The van der Waals surface area contributed by atoms with E-state index in [9.17, 15) is 9.18 Å². The van der Waals surface area contributed by atoms with Crippen molar-refractivity contribution in [2.45, 2.75) is 13.3 Å². The van der Waals surface area contributed by atoms with Gasteiger partial charge in [0, 0.05) is 19.2 Å². The molecule has 3 rings (SSSR count). The molecule has 0 unspecified atom stereocenters. The maximum absolute atomic E-state index is 12.9. The zero-order valence-electron chi connectivity index (χ0n) is 10.7. The summed E-state index contributed by atoms with van der Waals surface area (Å²) in [6, 6.07) is 12.5. The summed E-state index contributed by atoms with van der Waals surface area (Å²) in [4.78, 5) is 13.3. The van der Waals surface area contributed by atoms with E-state index in [4.69, 9.17) is 0 Å². The molecule has 1 aliphatic rings. The monoisotopic (exact) mass is 255 g/mol. The summed E-state index contributed by atoms with van der Waals surface area (Å²) in [5.41, 5.74) is 4.23. The van der Waals surface area contributed by atoms with Gasteiger partial charge < -0.3 is 4.90 Å². The van der Waals surface area contributed by atoms with E-state index in [2.05, 4.69) is 6.07 Å². The van der Waals surface area contributed by atoms with E-state index in [1.54, 1.807) is 24.0 Å². The number of amides is 1. The highest BCUT2D eigenvalue weighted by molar-refractivity contribution is 5.94. The van der Waals surface area contributed by atoms with Gasteiger partial charge in [-0.3, -0.25) is 4.79 Å². The molecule has 0 fully saturated rings. The van der Waals surface area contributed by atoms with Crippen molar-refractivity contribution in [2.75, 3.05) is 11.4 Å². The summed E-state index contributed by atoms with van der Waals surface area (Å²) in [6.45, 7) is 2.33. The average Bonchev–Trinajstić information content (AvgIpc) is 2.82. The Labute approximate surface area is 111 Å². The van der Waals surface area contributed by atoms with Crippen LogP contribution in [-0.4, -0.2) is 12.5 Å². The Morgan fingerprint density at radius 2 is 1.79 bits per heavy atom. The molecule has 0 aromatic heterocycles. The van der Waals surface area contributed by atoms with Crippen molar-refractivity contribution in [1.82, 2.24) is 0 Å². The third-order valence-corrected chi connectivity index (χ3v) is 3.53. The molecule has 19 heavy (non-hydrogen) atoms. The highest BCUT2D eigenvalue weighted by atomic mass is 19.1. The first-order valence-electron chi connectivity index (χ1n) is 6.32. The van der Waals surface area contributed by atoms with Gasteiger partial charge in [-0.1, -0.05) is 18.2 Å². The highest BCUT2D eigenvalue weighted by Crippen LogP contribution is 2.32. The van der Waals surface area contributed by atoms with E-state index in [0.29, 0.717) is 0 Å². The standard InChI is InChI=1S/C16H14FNO/c1-11(19)18-9-8-14-10-13(4-7-16(14)18)12-2-5-15(17)6-3-12/h2-7,10H,8-9H2,1H3. The first kappa shape index (κ1) is 11.9. The molecule has 0 aliphatic carbocycles. The Morgan fingerprint density at radius 3 is 2.47 bits per heavy atom. The molecule has 3 heteroatoms. The SMILES string of the molecule is CC(=O)N1CCc2cc(-c3ccc(F)cc3)ccc21. The van der Waals surface area contributed by atoms with Crippen molar-refractivity contribution in [3.63, 3.8) is 0 Å². The number of carbonyl (C=O) groups is 1. The summed E-state index contributed by atoms with van der Waals surface area (Å²) in [5.74, 6) is -0.152. The van der Waals surface area contributed by atoms with Gasteiger partial charge in [0.15, 0.2) is 0 Å². The number of halogens is 1. The molecule has 0 bridgehead atoms. The van der Waals surface area contributed by atoms with Gasteiger partial charge in [0.25, 0.3) is 0 Å². The van der Waals surface area contributed by atoms with E-state index in [-0.39, 0.29) is 11.7 Å². The highest BCUT2D eigenvalue weighted by Gasteiger charge is 2.22. The van der Waals surface area contributed by atoms with Crippen LogP contribution in [0.1, 0.15) is 12.5 Å². The third kappa shape index (κ3) is 2.12. The lowest BCUT2D eigenvalue weighted by molar-refractivity contribution is -0.116. The van der Waals surface area contributed by atoms with Crippen molar-refractivity contribution in [3.05, 3.63) is 53.8 Å². The molecular weight excluding hydrogens is 241 g/mol.